The lowest BCUT2D eigenvalue weighted by Crippen LogP contribution is -2.72. The molecule has 0 aromatic carbocycles. The number of pyridine rings is 1. The Bertz CT molecular complexity index is 1490. The number of nitrogens with one attached hydrogen (secondary N) is 1. The third-order valence-electron chi connectivity index (χ3n) is 6.44. The van der Waals surface area contributed by atoms with Gasteiger partial charge in [0.05, 0.1) is 11.5 Å². The number of anilines is 1. The summed E-state index contributed by atoms with van der Waals surface area (Å²) in [6, 6.07) is 0.208. The molecule has 44 heavy (non-hydrogen) atoms. The van der Waals surface area contributed by atoms with Crippen molar-refractivity contribution in [2.75, 3.05) is 24.8 Å². The first-order chi connectivity index (χ1) is 21.0. The molecule has 236 valence electrons. The molecule has 2 atom stereocenters. The molecule has 4 heterocycles. The summed E-state index contributed by atoms with van der Waals surface area (Å²) in [6.07, 6.45) is 4.17. The Kier molecular flexibility index (Phi) is 10.8. The van der Waals surface area contributed by atoms with Crippen LogP contribution in [0, 0.1) is 5.41 Å². The first kappa shape index (κ1) is 33.2. The van der Waals surface area contributed by atoms with E-state index in [1.54, 1.807) is 44.9 Å². The van der Waals surface area contributed by atoms with Gasteiger partial charge in [-0.05, 0) is 45.2 Å². The number of aromatic nitrogens is 3. The Balaban J connectivity index is 1.57. The number of carbonyl (C=O) groups is 4. The highest BCUT2D eigenvalue weighted by Crippen LogP contribution is 2.44. The van der Waals surface area contributed by atoms with Crippen LogP contribution in [0.5, 0.6) is 0 Å². The van der Waals surface area contributed by atoms with E-state index in [4.69, 9.17) is 20.9 Å². The van der Waals surface area contributed by atoms with Crippen LogP contribution in [0.25, 0.3) is 0 Å². The normalized spacial score (nSPS) is 18.4. The van der Waals surface area contributed by atoms with Crippen LogP contribution >= 0.6 is 35.1 Å². The Morgan fingerprint density at radius 1 is 1.30 bits per heavy atom. The van der Waals surface area contributed by atoms with Gasteiger partial charge in [0.25, 0.3) is 11.8 Å². The van der Waals surface area contributed by atoms with Gasteiger partial charge in [0, 0.05) is 51.8 Å². The number of hydrogen-bond donors (Lipinski definition) is 4. The van der Waals surface area contributed by atoms with Crippen molar-refractivity contribution in [3.8, 4) is 0 Å². The first-order valence-electron chi connectivity index (χ1n) is 13.4. The first-order valence-corrected chi connectivity index (χ1v) is 16.1. The van der Waals surface area contributed by atoms with Crippen LogP contribution in [-0.2, 0) is 34.4 Å². The number of allylic oxidation sites excluding steroid dienone is 1. The van der Waals surface area contributed by atoms with Crippen LogP contribution in [0.3, 0.4) is 0 Å². The van der Waals surface area contributed by atoms with Gasteiger partial charge in [0.15, 0.2) is 5.13 Å². The molecule has 0 aliphatic carbocycles. The van der Waals surface area contributed by atoms with Crippen LogP contribution in [0.2, 0.25) is 0 Å². The van der Waals surface area contributed by atoms with Crippen molar-refractivity contribution in [1.29, 1.82) is 0 Å². The lowest BCUT2D eigenvalue weighted by Gasteiger charge is -2.50. The number of thioether (sulfide) groups is 2. The molecule has 0 bridgehead atoms. The molecule has 0 spiro atoms. The summed E-state index contributed by atoms with van der Waals surface area (Å²) in [6.45, 7) is 4.89. The topological polar surface area (TPSA) is 225 Å². The third kappa shape index (κ3) is 7.48. The van der Waals surface area contributed by atoms with Gasteiger partial charge >= 0.3 is 11.9 Å². The summed E-state index contributed by atoms with van der Waals surface area (Å²) in [5.41, 5.74) is 10.8. The van der Waals surface area contributed by atoms with E-state index in [2.05, 4.69) is 24.8 Å². The molecule has 2 aliphatic heterocycles. The number of β-lactam (4-membered cyclic amide) rings is 1. The Hall–Kier alpha value is -3.74. The van der Waals surface area contributed by atoms with E-state index in [-0.39, 0.29) is 16.7 Å². The standard InChI is InChI=1S/C26H32N8O7S3/c1-26(2,3)24(38)41-12-40-23(37)19-16(43-15-6-8-29-10-13(15)11-42-9-7-27)5-4-14-17(22(36)34(14)19)30-21(35)18(32-39)20-31-25(28)44-33-20/h6,8,10,14,17,39H,4-5,7,9,11-12,27H2,1-3H3,(H,30,35)(H2,28,31,33)/b32-18-/t14-,17?/m1/s1. The molecule has 2 aromatic rings. The van der Waals surface area contributed by atoms with Gasteiger partial charge in [-0.3, -0.25) is 24.3 Å². The minimum atomic E-state index is -1.02. The number of nitrogen functional groups attached to an aromatic ring is 1. The zero-order chi connectivity index (χ0) is 32.0. The van der Waals surface area contributed by atoms with Crippen molar-refractivity contribution >= 4 is 69.7 Å². The number of amides is 2. The van der Waals surface area contributed by atoms with E-state index in [0.717, 1.165) is 27.7 Å². The maximum Gasteiger partial charge on any atom is 0.358 e. The maximum absolute atomic E-state index is 13.5. The van der Waals surface area contributed by atoms with Crippen molar-refractivity contribution in [1.82, 2.24) is 24.6 Å². The minimum absolute atomic E-state index is 0.00378. The molecular formula is C26H32N8O7S3. The molecular weight excluding hydrogens is 633 g/mol. The highest BCUT2D eigenvalue weighted by Gasteiger charge is 2.54. The maximum atomic E-state index is 13.5. The third-order valence-corrected chi connectivity index (χ3v) is 9.29. The van der Waals surface area contributed by atoms with Crippen LogP contribution in [-0.4, -0.2) is 85.1 Å². The van der Waals surface area contributed by atoms with E-state index < -0.39 is 53.8 Å². The van der Waals surface area contributed by atoms with Crippen LogP contribution < -0.4 is 16.8 Å². The second kappa shape index (κ2) is 14.4. The number of nitrogens with two attached hydrogens (primary N) is 2. The summed E-state index contributed by atoms with van der Waals surface area (Å²) in [5, 5.41) is 15.0. The lowest BCUT2D eigenvalue weighted by atomic mass is 9.86. The predicted octanol–water partition coefficient (Wildman–Crippen LogP) is 1.47. The summed E-state index contributed by atoms with van der Waals surface area (Å²) in [4.78, 5) is 62.8. The van der Waals surface area contributed by atoms with Crippen molar-refractivity contribution in [3.05, 3.63) is 40.5 Å². The SMILES string of the molecule is CC(C)(C)C(=O)OCOC(=O)C1=C(Sc2ccncc2CSCCN)CC[C@@H]2C(NC(=O)/C(=N\O)c3nsc(N)n3)C(=O)N12. The number of hydrogen-bond acceptors (Lipinski definition) is 16. The fourth-order valence-electron chi connectivity index (χ4n) is 4.29. The zero-order valence-electron chi connectivity index (χ0n) is 24.1. The molecule has 6 N–H and O–H groups in total. The molecule has 2 aromatic heterocycles. The highest BCUT2D eigenvalue weighted by molar-refractivity contribution is 8.03. The fourth-order valence-corrected chi connectivity index (χ4v) is 6.73. The molecule has 2 aliphatic rings. The van der Waals surface area contributed by atoms with Gasteiger partial charge in [0.1, 0.15) is 11.7 Å². The summed E-state index contributed by atoms with van der Waals surface area (Å²) < 4.78 is 14.3. The second-order valence-electron chi connectivity index (χ2n) is 10.6. The van der Waals surface area contributed by atoms with E-state index >= 15 is 0 Å². The molecule has 1 saturated heterocycles. The number of ether oxygens (including phenoxy) is 2. The average Bonchev–Trinajstić information content (AvgIpc) is 3.41. The predicted molar refractivity (Wildman–Crippen MR) is 163 cm³/mol. The number of esters is 2. The lowest BCUT2D eigenvalue weighted by molar-refractivity contribution is -0.174. The minimum Gasteiger partial charge on any atom is -0.427 e. The van der Waals surface area contributed by atoms with Crippen LogP contribution in [0.1, 0.15) is 45.0 Å². The Morgan fingerprint density at radius 3 is 2.73 bits per heavy atom. The highest BCUT2D eigenvalue weighted by atomic mass is 32.2. The van der Waals surface area contributed by atoms with E-state index in [1.165, 1.54) is 16.7 Å². The van der Waals surface area contributed by atoms with Gasteiger partial charge in [-0.1, -0.05) is 16.9 Å². The number of nitrogens with zero attached hydrogens (tertiary/aromatic N) is 5. The summed E-state index contributed by atoms with van der Waals surface area (Å²) >= 11 is 3.78. The largest absolute Gasteiger partial charge is 0.427 e. The van der Waals surface area contributed by atoms with Gasteiger partial charge in [-0.25, -0.2) is 4.79 Å². The number of rotatable bonds is 12. The van der Waals surface area contributed by atoms with Crippen molar-refractivity contribution < 1.29 is 33.9 Å². The summed E-state index contributed by atoms with van der Waals surface area (Å²) in [5.74, 6) is -1.66. The van der Waals surface area contributed by atoms with Gasteiger partial charge in [0.2, 0.25) is 18.3 Å². The molecule has 4 rings (SSSR count). The molecule has 1 unspecified atom stereocenters. The van der Waals surface area contributed by atoms with Crippen molar-refractivity contribution in [2.24, 2.45) is 16.3 Å². The molecule has 0 saturated carbocycles. The van der Waals surface area contributed by atoms with Crippen LogP contribution in [0.15, 0.2) is 39.1 Å². The monoisotopic (exact) mass is 664 g/mol. The number of carbonyl (C=O) groups excluding carboxylic acids is 4. The summed E-state index contributed by atoms with van der Waals surface area (Å²) in [7, 11) is 0. The molecule has 0 radical (unpaired) electrons. The van der Waals surface area contributed by atoms with Gasteiger partial charge < -0.3 is 31.5 Å². The van der Waals surface area contributed by atoms with Crippen molar-refractivity contribution in [2.45, 2.75) is 56.3 Å². The molecule has 2 amide bonds. The van der Waals surface area contributed by atoms with Gasteiger partial charge in [-0.2, -0.15) is 21.1 Å². The fraction of sp³-hybridized carbons (Fsp3) is 0.462. The second-order valence-corrected chi connectivity index (χ2v) is 13.6. The number of oxime groups is 1. The quantitative estimate of drug-likeness (QED) is 0.0480. The molecule has 15 nitrogen and oxygen atoms in total. The van der Waals surface area contributed by atoms with E-state index in [0.29, 0.717) is 30.0 Å². The smallest absolute Gasteiger partial charge is 0.358 e. The van der Waals surface area contributed by atoms with E-state index in [1.807, 2.05) is 6.07 Å². The number of fused-ring (bicyclic) bond motifs is 1. The van der Waals surface area contributed by atoms with E-state index in [9.17, 15) is 24.4 Å². The molecule has 1 fully saturated rings. The van der Waals surface area contributed by atoms with Crippen molar-refractivity contribution in [3.63, 3.8) is 0 Å². The van der Waals surface area contributed by atoms with Crippen LogP contribution in [0.4, 0.5) is 5.13 Å². The Morgan fingerprint density at radius 2 is 2.07 bits per heavy atom. The van der Waals surface area contributed by atoms with Gasteiger partial charge in [-0.15, -0.1) is 0 Å². The average molecular weight is 665 g/mol. The zero-order valence-corrected chi connectivity index (χ0v) is 26.6. The Labute approximate surface area is 265 Å². The molecule has 18 heteroatoms.